The van der Waals surface area contributed by atoms with E-state index in [-0.39, 0.29) is 11.9 Å². The first-order valence-electron chi connectivity index (χ1n) is 4.63. The molecule has 0 aromatic carbocycles. The smallest absolute Gasteiger partial charge is 0.239 e. The van der Waals surface area contributed by atoms with Gasteiger partial charge < -0.3 is 11.1 Å². The van der Waals surface area contributed by atoms with E-state index in [4.69, 9.17) is 5.73 Å². The zero-order valence-electron chi connectivity index (χ0n) is 8.45. The van der Waals surface area contributed by atoms with Crippen LogP contribution in [0.2, 0.25) is 0 Å². The predicted octanol–water partition coefficient (Wildman–Crippen LogP) is 1.07. The maximum atomic E-state index is 11.0. The lowest BCUT2D eigenvalue weighted by atomic mass is 10.2. The summed E-state index contributed by atoms with van der Waals surface area (Å²) in [7, 11) is 0. The number of nitrogens with one attached hydrogen (secondary N) is 1. The molecule has 14 heavy (non-hydrogen) atoms. The van der Waals surface area contributed by atoms with E-state index in [0.717, 1.165) is 5.69 Å². The zero-order valence-corrected chi connectivity index (χ0v) is 8.45. The van der Waals surface area contributed by atoms with E-state index in [1.807, 2.05) is 32.0 Å². The summed E-state index contributed by atoms with van der Waals surface area (Å²) in [6.07, 6.45) is 0.658. The van der Waals surface area contributed by atoms with E-state index in [2.05, 4.69) is 10.3 Å². The average molecular weight is 193 g/mol. The van der Waals surface area contributed by atoms with Crippen molar-refractivity contribution >= 4 is 11.7 Å². The van der Waals surface area contributed by atoms with Crippen LogP contribution in [0, 0.1) is 6.92 Å². The molecule has 0 aliphatic rings. The summed E-state index contributed by atoms with van der Waals surface area (Å²) in [5.74, 6) is 0.339. The molecule has 4 nitrogen and oxygen atoms in total. The van der Waals surface area contributed by atoms with Crippen LogP contribution >= 0.6 is 0 Å². The molecule has 0 saturated carbocycles. The normalized spacial score (nSPS) is 12.1. The van der Waals surface area contributed by atoms with E-state index in [0.29, 0.717) is 12.2 Å². The van der Waals surface area contributed by atoms with Gasteiger partial charge in [0.2, 0.25) is 5.91 Å². The summed E-state index contributed by atoms with van der Waals surface area (Å²) in [5.41, 5.74) is 6.12. The van der Waals surface area contributed by atoms with Crippen molar-refractivity contribution in [2.75, 3.05) is 5.32 Å². The summed E-state index contributed by atoms with van der Waals surface area (Å²) < 4.78 is 0. The molecule has 1 heterocycles. The van der Waals surface area contributed by atoms with Gasteiger partial charge in [0.1, 0.15) is 11.9 Å². The summed E-state index contributed by atoms with van der Waals surface area (Å²) in [6.45, 7) is 3.80. The Bertz CT molecular complexity index is 325. The van der Waals surface area contributed by atoms with Crippen molar-refractivity contribution in [3.63, 3.8) is 0 Å². The average Bonchev–Trinajstić information content (AvgIpc) is 2.14. The highest BCUT2D eigenvalue weighted by atomic mass is 16.1. The van der Waals surface area contributed by atoms with Crippen molar-refractivity contribution in [3.05, 3.63) is 23.9 Å². The fourth-order valence-corrected chi connectivity index (χ4v) is 1.18. The fourth-order valence-electron chi connectivity index (χ4n) is 1.18. The Morgan fingerprint density at radius 2 is 2.36 bits per heavy atom. The van der Waals surface area contributed by atoms with Crippen LogP contribution in [-0.2, 0) is 4.79 Å². The summed E-state index contributed by atoms with van der Waals surface area (Å²) in [6, 6.07) is 5.26. The Morgan fingerprint density at radius 1 is 1.64 bits per heavy atom. The van der Waals surface area contributed by atoms with Crippen molar-refractivity contribution in [3.8, 4) is 0 Å². The second-order valence-electron chi connectivity index (χ2n) is 3.17. The van der Waals surface area contributed by atoms with Gasteiger partial charge in [-0.1, -0.05) is 13.0 Å². The Balaban J connectivity index is 2.72. The van der Waals surface area contributed by atoms with E-state index < -0.39 is 0 Å². The third kappa shape index (κ3) is 2.73. The highest BCUT2D eigenvalue weighted by Crippen LogP contribution is 2.06. The molecule has 0 fully saturated rings. The number of hydrogen-bond donors (Lipinski definition) is 2. The molecule has 76 valence electrons. The molecule has 1 unspecified atom stereocenters. The maximum Gasteiger partial charge on any atom is 0.239 e. The third-order valence-electron chi connectivity index (χ3n) is 1.96. The highest BCUT2D eigenvalue weighted by Gasteiger charge is 2.12. The number of carbonyl (C=O) groups is 1. The molecule has 0 aliphatic carbocycles. The van der Waals surface area contributed by atoms with Crippen LogP contribution in [0.5, 0.6) is 0 Å². The zero-order chi connectivity index (χ0) is 10.6. The number of nitrogens with zero attached hydrogens (tertiary/aromatic N) is 1. The molecular weight excluding hydrogens is 178 g/mol. The van der Waals surface area contributed by atoms with E-state index in [1.165, 1.54) is 0 Å². The van der Waals surface area contributed by atoms with Crippen LogP contribution in [-0.4, -0.2) is 16.9 Å². The summed E-state index contributed by atoms with van der Waals surface area (Å²) in [4.78, 5) is 15.2. The standard InChI is InChI=1S/C10H15N3O/c1-3-8(10(11)14)13-9-6-4-5-7(2)12-9/h4-6,8H,3H2,1-2H3,(H2,11,14)(H,12,13). The molecule has 0 radical (unpaired) electrons. The molecule has 1 aromatic heterocycles. The number of hydrogen-bond acceptors (Lipinski definition) is 3. The Morgan fingerprint density at radius 3 is 2.86 bits per heavy atom. The lowest BCUT2D eigenvalue weighted by molar-refractivity contribution is -0.118. The number of pyridine rings is 1. The van der Waals surface area contributed by atoms with Crippen LogP contribution in [0.15, 0.2) is 18.2 Å². The van der Waals surface area contributed by atoms with Gasteiger partial charge in [0.15, 0.2) is 0 Å². The molecule has 1 aromatic rings. The number of nitrogens with two attached hydrogens (primary N) is 1. The monoisotopic (exact) mass is 193 g/mol. The largest absolute Gasteiger partial charge is 0.368 e. The van der Waals surface area contributed by atoms with Crippen molar-refractivity contribution in [2.24, 2.45) is 5.73 Å². The van der Waals surface area contributed by atoms with Crippen LogP contribution in [0.25, 0.3) is 0 Å². The topological polar surface area (TPSA) is 68.0 Å². The number of amides is 1. The predicted molar refractivity (Wildman–Crippen MR) is 55.9 cm³/mol. The number of anilines is 1. The van der Waals surface area contributed by atoms with E-state index in [1.54, 1.807) is 0 Å². The van der Waals surface area contributed by atoms with Gasteiger partial charge in [0.25, 0.3) is 0 Å². The van der Waals surface area contributed by atoms with Gasteiger partial charge >= 0.3 is 0 Å². The molecular formula is C10H15N3O. The lowest BCUT2D eigenvalue weighted by Gasteiger charge is -2.13. The Hall–Kier alpha value is -1.58. The molecule has 0 aliphatic heterocycles. The van der Waals surface area contributed by atoms with Crippen molar-refractivity contribution in [2.45, 2.75) is 26.3 Å². The van der Waals surface area contributed by atoms with Crippen molar-refractivity contribution in [1.82, 2.24) is 4.98 Å². The molecule has 1 rings (SSSR count). The third-order valence-corrected chi connectivity index (χ3v) is 1.96. The lowest BCUT2D eigenvalue weighted by Crippen LogP contribution is -2.35. The van der Waals surface area contributed by atoms with Gasteiger partial charge in [-0.15, -0.1) is 0 Å². The number of aryl methyl sites for hydroxylation is 1. The number of aromatic nitrogens is 1. The van der Waals surface area contributed by atoms with Gasteiger partial charge in [0.05, 0.1) is 0 Å². The van der Waals surface area contributed by atoms with Gasteiger partial charge in [-0.2, -0.15) is 0 Å². The van der Waals surface area contributed by atoms with Crippen molar-refractivity contribution < 1.29 is 4.79 Å². The quantitative estimate of drug-likeness (QED) is 0.751. The molecule has 4 heteroatoms. The number of carbonyl (C=O) groups excluding carboxylic acids is 1. The summed E-state index contributed by atoms with van der Waals surface area (Å²) in [5, 5.41) is 2.98. The van der Waals surface area contributed by atoms with E-state index >= 15 is 0 Å². The number of primary amides is 1. The molecule has 3 N–H and O–H groups in total. The second kappa shape index (κ2) is 4.60. The van der Waals surface area contributed by atoms with E-state index in [9.17, 15) is 4.79 Å². The highest BCUT2D eigenvalue weighted by molar-refractivity contribution is 5.82. The molecule has 1 atom stereocenters. The fraction of sp³-hybridized carbons (Fsp3) is 0.400. The minimum atomic E-state index is -0.351. The van der Waals surface area contributed by atoms with Crippen LogP contribution in [0.4, 0.5) is 5.82 Å². The Kier molecular flexibility index (Phi) is 3.45. The SMILES string of the molecule is CCC(Nc1cccc(C)n1)C(N)=O. The first-order chi connectivity index (χ1) is 6.63. The van der Waals surface area contributed by atoms with Crippen LogP contribution in [0.1, 0.15) is 19.0 Å². The van der Waals surface area contributed by atoms with Gasteiger partial charge in [-0.25, -0.2) is 4.98 Å². The molecule has 0 bridgehead atoms. The van der Waals surface area contributed by atoms with Crippen molar-refractivity contribution in [1.29, 1.82) is 0 Å². The minimum Gasteiger partial charge on any atom is -0.368 e. The van der Waals surface area contributed by atoms with Gasteiger partial charge in [-0.3, -0.25) is 4.79 Å². The van der Waals surface area contributed by atoms with Crippen LogP contribution in [0.3, 0.4) is 0 Å². The van der Waals surface area contributed by atoms with Crippen LogP contribution < -0.4 is 11.1 Å². The molecule has 0 spiro atoms. The van der Waals surface area contributed by atoms with Gasteiger partial charge in [0, 0.05) is 5.69 Å². The minimum absolute atomic E-state index is 0.343. The molecule has 1 amide bonds. The number of rotatable bonds is 4. The second-order valence-corrected chi connectivity index (χ2v) is 3.17. The Labute approximate surface area is 83.5 Å². The first kappa shape index (κ1) is 10.5. The first-order valence-corrected chi connectivity index (χ1v) is 4.63. The maximum absolute atomic E-state index is 11.0. The van der Waals surface area contributed by atoms with Gasteiger partial charge in [-0.05, 0) is 25.5 Å². The summed E-state index contributed by atoms with van der Waals surface area (Å²) >= 11 is 0. The molecule has 0 saturated heterocycles.